The average molecular weight is 356 g/mol. The summed E-state index contributed by atoms with van der Waals surface area (Å²) in [6.07, 6.45) is 7.43. The van der Waals surface area contributed by atoms with Gasteiger partial charge in [-0.1, -0.05) is 37.5 Å². The Kier molecular flexibility index (Phi) is 5.51. The largest absolute Gasteiger partial charge is 0.396 e. The number of aliphatic hydroxyl groups excluding tert-OH is 1. The van der Waals surface area contributed by atoms with Crippen molar-refractivity contribution in [3.05, 3.63) is 30.3 Å². The maximum absolute atomic E-state index is 9.55. The number of aliphatic hydroxyl groups is 1. The van der Waals surface area contributed by atoms with Crippen LogP contribution in [-0.2, 0) is 0 Å². The maximum Gasteiger partial charge on any atom is 0.266 e. The van der Waals surface area contributed by atoms with Gasteiger partial charge in [-0.05, 0) is 36.6 Å². The van der Waals surface area contributed by atoms with E-state index in [-0.39, 0.29) is 6.61 Å². The van der Waals surface area contributed by atoms with Gasteiger partial charge in [0.05, 0.1) is 0 Å². The SMILES string of the molecule is OCCC1CN(c2noc(-c3ccccc3)n2)CCN1C1CCCCC1. The van der Waals surface area contributed by atoms with E-state index >= 15 is 0 Å². The molecule has 6 nitrogen and oxygen atoms in total. The minimum Gasteiger partial charge on any atom is -0.396 e. The van der Waals surface area contributed by atoms with Gasteiger partial charge in [-0.2, -0.15) is 4.98 Å². The minimum atomic E-state index is 0.225. The Morgan fingerprint density at radius 2 is 1.88 bits per heavy atom. The molecule has 0 spiro atoms. The van der Waals surface area contributed by atoms with Gasteiger partial charge in [0.2, 0.25) is 0 Å². The van der Waals surface area contributed by atoms with Crippen LogP contribution in [0.25, 0.3) is 11.5 Å². The number of piperazine rings is 1. The van der Waals surface area contributed by atoms with E-state index in [9.17, 15) is 5.11 Å². The lowest BCUT2D eigenvalue weighted by Crippen LogP contribution is -2.57. The molecule has 2 aromatic rings. The van der Waals surface area contributed by atoms with Gasteiger partial charge in [-0.15, -0.1) is 0 Å². The van der Waals surface area contributed by atoms with Crippen LogP contribution in [0.2, 0.25) is 0 Å². The highest BCUT2D eigenvalue weighted by atomic mass is 16.5. The van der Waals surface area contributed by atoms with E-state index in [1.54, 1.807) is 0 Å². The lowest BCUT2D eigenvalue weighted by Gasteiger charge is -2.46. The Bertz CT molecular complexity index is 684. The predicted molar refractivity (Wildman–Crippen MR) is 101 cm³/mol. The molecule has 2 aliphatic rings. The molecule has 0 amide bonds. The Labute approximate surface area is 154 Å². The van der Waals surface area contributed by atoms with Crippen molar-refractivity contribution >= 4 is 5.95 Å². The molecular weight excluding hydrogens is 328 g/mol. The molecule has 1 saturated carbocycles. The smallest absolute Gasteiger partial charge is 0.266 e. The van der Waals surface area contributed by atoms with Crippen molar-refractivity contribution < 1.29 is 9.63 Å². The van der Waals surface area contributed by atoms with Crippen LogP contribution in [0.15, 0.2) is 34.9 Å². The molecule has 0 bridgehead atoms. The molecule has 1 aliphatic carbocycles. The van der Waals surface area contributed by atoms with Crippen molar-refractivity contribution in [3.63, 3.8) is 0 Å². The highest BCUT2D eigenvalue weighted by molar-refractivity contribution is 5.54. The van der Waals surface area contributed by atoms with Crippen LogP contribution < -0.4 is 4.90 Å². The Morgan fingerprint density at radius 1 is 1.08 bits per heavy atom. The van der Waals surface area contributed by atoms with E-state index in [1.165, 1.54) is 32.1 Å². The summed E-state index contributed by atoms with van der Waals surface area (Å²) in [5.74, 6) is 1.23. The molecular formula is C20H28N4O2. The van der Waals surface area contributed by atoms with Crippen LogP contribution in [0, 0.1) is 0 Å². The third-order valence-electron chi connectivity index (χ3n) is 5.75. The first-order chi connectivity index (χ1) is 12.8. The molecule has 6 heteroatoms. The zero-order valence-electron chi connectivity index (χ0n) is 15.3. The molecule has 1 aliphatic heterocycles. The quantitative estimate of drug-likeness (QED) is 0.889. The van der Waals surface area contributed by atoms with E-state index in [0.29, 0.717) is 23.9 Å². The summed E-state index contributed by atoms with van der Waals surface area (Å²) in [4.78, 5) is 9.44. The zero-order chi connectivity index (χ0) is 17.8. The summed E-state index contributed by atoms with van der Waals surface area (Å²) in [6, 6.07) is 10.9. The van der Waals surface area contributed by atoms with Crippen LogP contribution in [-0.4, -0.2) is 58.5 Å². The van der Waals surface area contributed by atoms with Gasteiger partial charge < -0.3 is 14.5 Å². The molecule has 0 radical (unpaired) electrons. The van der Waals surface area contributed by atoms with Gasteiger partial charge in [-0.25, -0.2) is 0 Å². The highest BCUT2D eigenvalue weighted by Gasteiger charge is 2.33. The zero-order valence-corrected chi connectivity index (χ0v) is 15.3. The van der Waals surface area contributed by atoms with E-state index in [4.69, 9.17) is 4.52 Å². The number of rotatable bonds is 5. The van der Waals surface area contributed by atoms with Gasteiger partial charge >= 0.3 is 0 Å². The van der Waals surface area contributed by atoms with Crippen molar-refractivity contribution in [1.29, 1.82) is 0 Å². The second-order valence-corrected chi connectivity index (χ2v) is 7.41. The molecule has 2 heterocycles. The highest BCUT2D eigenvalue weighted by Crippen LogP contribution is 2.28. The Hall–Kier alpha value is -1.92. The fourth-order valence-corrected chi connectivity index (χ4v) is 4.39. The van der Waals surface area contributed by atoms with Crippen LogP contribution in [0.4, 0.5) is 5.95 Å². The first kappa shape index (κ1) is 17.5. The molecule has 1 saturated heterocycles. The fraction of sp³-hybridized carbons (Fsp3) is 0.600. The van der Waals surface area contributed by atoms with Crippen molar-refractivity contribution in [2.45, 2.75) is 50.6 Å². The summed E-state index contributed by atoms with van der Waals surface area (Å²) >= 11 is 0. The molecule has 1 N–H and O–H groups in total. The van der Waals surface area contributed by atoms with Gasteiger partial charge in [0.25, 0.3) is 11.8 Å². The Morgan fingerprint density at radius 3 is 2.65 bits per heavy atom. The first-order valence-electron chi connectivity index (χ1n) is 9.86. The fourth-order valence-electron chi connectivity index (χ4n) is 4.39. The van der Waals surface area contributed by atoms with Crippen LogP contribution in [0.5, 0.6) is 0 Å². The summed E-state index contributed by atoms with van der Waals surface area (Å²) in [5, 5.41) is 13.8. The van der Waals surface area contributed by atoms with Crippen molar-refractivity contribution in [2.75, 3.05) is 31.1 Å². The summed E-state index contributed by atoms with van der Waals surface area (Å²) in [5.41, 5.74) is 0.944. The van der Waals surface area contributed by atoms with Crippen molar-refractivity contribution in [1.82, 2.24) is 15.0 Å². The summed E-state index contributed by atoms with van der Waals surface area (Å²) in [6.45, 7) is 2.99. The van der Waals surface area contributed by atoms with Crippen LogP contribution >= 0.6 is 0 Å². The number of nitrogens with zero attached hydrogens (tertiary/aromatic N) is 4. The number of hydrogen-bond donors (Lipinski definition) is 1. The number of aromatic nitrogens is 2. The second kappa shape index (κ2) is 8.18. The third-order valence-corrected chi connectivity index (χ3v) is 5.75. The van der Waals surface area contributed by atoms with Crippen molar-refractivity contribution in [2.24, 2.45) is 0 Å². The molecule has 1 atom stereocenters. The minimum absolute atomic E-state index is 0.225. The number of hydrogen-bond acceptors (Lipinski definition) is 6. The van der Waals surface area contributed by atoms with Gasteiger partial charge in [0.1, 0.15) is 0 Å². The molecule has 140 valence electrons. The lowest BCUT2D eigenvalue weighted by atomic mass is 9.92. The monoisotopic (exact) mass is 356 g/mol. The van der Waals surface area contributed by atoms with Gasteiger partial charge in [0.15, 0.2) is 0 Å². The van der Waals surface area contributed by atoms with E-state index < -0.39 is 0 Å². The molecule has 1 aromatic carbocycles. The normalized spacial score (nSPS) is 22.7. The Balaban J connectivity index is 1.46. The molecule has 4 rings (SSSR count). The molecule has 1 unspecified atom stereocenters. The predicted octanol–water partition coefficient (Wildman–Crippen LogP) is 2.94. The standard InChI is InChI=1S/C20H28N4O2/c25-14-11-18-15-23(12-13-24(18)17-9-5-2-6-10-17)20-21-19(26-22-20)16-7-3-1-4-8-16/h1,3-4,7-8,17-18,25H,2,5-6,9-15H2. The molecule has 2 fully saturated rings. The van der Waals surface area contributed by atoms with E-state index in [1.807, 2.05) is 30.3 Å². The third kappa shape index (κ3) is 3.76. The van der Waals surface area contributed by atoms with Crippen LogP contribution in [0.1, 0.15) is 38.5 Å². The molecule has 1 aromatic heterocycles. The molecule has 26 heavy (non-hydrogen) atoms. The first-order valence-corrected chi connectivity index (χ1v) is 9.86. The topological polar surface area (TPSA) is 65.6 Å². The number of anilines is 1. The van der Waals surface area contributed by atoms with Crippen molar-refractivity contribution in [3.8, 4) is 11.5 Å². The average Bonchev–Trinajstić information content (AvgIpc) is 3.20. The number of benzene rings is 1. The maximum atomic E-state index is 9.55. The second-order valence-electron chi connectivity index (χ2n) is 7.41. The van der Waals surface area contributed by atoms with Gasteiger partial charge in [-0.3, -0.25) is 4.90 Å². The lowest BCUT2D eigenvalue weighted by molar-refractivity contribution is 0.0752. The van der Waals surface area contributed by atoms with E-state index in [0.717, 1.165) is 31.6 Å². The van der Waals surface area contributed by atoms with Gasteiger partial charge in [0, 0.05) is 43.9 Å². The van der Waals surface area contributed by atoms with E-state index in [2.05, 4.69) is 19.9 Å². The summed E-state index contributed by atoms with van der Waals surface area (Å²) < 4.78 is 5.48. The summed E-state index contributed by atoms with van der Waals surface area (Å²) in [7, 11) is 0. The van der Waals surface area contributed by atoms with Crippen LogP contribution in [0.3, 0.4) is 0 Å².